The van der Waals surface area contributed by atoms with Gasteiger partial charge in [0, 0.05) is 4.47 Å². The fraction of sp³-hybridized carbons (Fsp3) is 0. The van der Waals surface area contributed by atoms with Crippen LogP contribution in [-0.4, -0.2) is 20.9 Å². The van der Waals surface area contributed by atoms with Crippen LogP contribution in [0.4, 0.5) is 5.82 Å². The van der Waals surface area contributed by atoms with Crippen molar-refractivity contribution in [1.82, 2.24) is 9.78 Å². The number of halogens is 1. The number of nitriles is 1. The quantitative estimate of drug-likeness (QED) is 0.657. The van der Waals surface area contributed by atoms with E-state index in [4.69, 9.17) is 16.1 Å². The van der Waals surface area contributed by atoms with Crippen molar-refractivity contribution in [1.29, 1.82) is 5.26 Å². The van der Waals surface area contributed by atoms with E-state index in [0.29, 0.717) is 17.4 Å². The Hall–Kier alpha value is -1.98. The van der Waals surface area contributed by atoms with Crippen molar-refractivity contribution in [2.75, 3.05) is 5.73 Å². The van der Waals surface area contributed by atoms with Crippen LogP contribution in [0.5, 0.6) is 0 Å². The van der Waals surface area contributed by atoms with E-state index in [1.54, 1.807) is 18.2 Å². The predicted molar refractivity (Wildman–Crippen MR) is 74.1 cm³/mol. The number of aromatic carboxylic acids is 1. The number of rotatable bonds is 3. The Morgan fingerprint density at radius 2 is 2.32 bits per heavy atom. The fourth-order valence-corrected chi connectivity index (χ4v) is 2.40. The maximum Gasteiger partial charge on any atom is 0.357 e. The first-order chi connectivity index (χ1) is 9.04. The average molecular weight is 339 g/mol. The minimum atomic E-state index is -1.22. The molecule has 0 saturated heterocycles. The Labute approximate surface area is 121 Å². The third-order valence-electron chi connectivity index (χ3n) is 2.28. The van der Waals surface area contributed by atoms with Gasteiger partial charge in [0.15, 0.2) is 5.69 Å². The summed E-state index contributed by atoms with van der Waals surface area (Å²) >= 11 is 3.99. The maximum atomic E-state index is 11.1. The lowest BCUT2D eigenvalue weighted by Gasteiger charge is -2.04. The highest BCUT2D eigenvalue weighted by Crippen LogP contribution is 2.30. The van der Waals surface area contributed by atoms with Gasteiger partial charge in [0.05, 0.1) is 10.6 Å². The average Bonchev–Trinajstić information content (AvgIpc) is 2.68. The predicted octanol–water partition coefficient (Wildman–Crippen LogP) is 2.49. The number of benzene rings is 1. The highest BCUT2D eigenvalue weighted by molar-refractivity contribution is 9.10. The van der Waals surface area contributed by atoms with Crippen LogP contribution in [0.2, 0.25) is 0 Å². The molecular formula is C11H7BrN4O2S. The van der Waals surface area contributed by atoms with Gasteiger partial charge in [0.25, 0.3) is 0 Å². The molecule has 0 spiro atoms. The molecule has 0 aliphatic heterocycles. The summed E-state index contributed by atoms with van der Waals surface area (Å²) in [4.78, 5) is 11.2. The molecule has 0 bridgehead atoms. The monoisotopic (exact) mass is 338 g/mol. The molecule has 2 rings (SSSR count). The molecule has 0 saturated carbocycles. The standard InChI is InChI=1S/C11H7BrN4O2S/c12-6-2-1-3-7(4-6)16-10(14)9(19-5-13)8(15-16)11(17)18/h1-4H,14H2,(H,17,18). The van der Waals surface area contributed by atoms with Gasteiger partial charge in [-0.3, -0.25) is 0 Å². The van der Waals surface area contributed by atoms with E-state index in [1.165, 1.54) is 4.68 Å². The Morgan fingerprint density at radius 1 is 1.58 bits per heavy atom. The normalized spacial score (nSPS) is 10.1. The lowest BCUT2D eigenvalue weighted by Crippen LogP contribution is -2.03. The van der Waals surface area contributed by atoms with Crippen LogP contribution in [0.1, 0.15) is 10.5 Å². The molecule has 0 fully saturated rings. The number of anilines is 1. The number of nitrogens with zero attached hydrogens (tertiary/aromatic N) is 3. The van der Waals surface area contributed by atoms with Crippen molar-refractivity contribution in [3.05, 3.63) is 34.4 Å². The lowest BCUT2D eigenvalue weighted by atomic mass is 10.3. The summed E-state index contributed by atoms with van der Waals surface area (Å²) in [6, 6.07) is 7.08. The minimum absolute atomic E-state index is 0.127. The van der Waals surface area contributed by atoms with E-state index in [2.05, 4.69) is 21.0 Å². The van der Waals surface area contributed by atoms with Crippen molar-refractivity contribution in [2.45, 2.75) is 4.90 Å². The van der Waals surface area contributed by atoms with E-state index in [-0.39, 0.29) is 16.4 Å². The molecule has 1 aromatic heterocycles. The second-order valence-electron chi connectivity index (χ2n) is 3.45. The summed E-state index contributed by atoms with van der Waals surface area (Å²) in [5, 5.41) is 23.5. The molecule has 1 heterocycles. The van der Waals surface area contributed by atoms with Crippen LogP contribution < -0.4 is 5.73 Å². The van der Waals surface area contributed by atoms with Crippen LogP contribution in [-0.2, 0) is 0 Å². The van der Waals surface area contributed by atoms with Crippen molar-refractivity contribution >= 4 is 39.5 Å². The van der Waals surface area contributed by atoms with Crippen molar-refractivity contribution < 1.29 is 9.90 Å². The molecule has 0 aliphatic carbocycles. The van der Waals surface area contributed by atoms with Crippen LogP contribution in [0.15, 0.2) is 33.6 Å². The molecule has 2 aromatic rings. The minimum Gasteiger partial charge on any atom is -0.476 e. The largest absolute Gasteiger partial charge is 0.476 e. The first-order valence-electron chi connectivity index (χ1n) is 4.98. The van der Waals surface area contributed by atoms with E-state index in [1.807, 2.05) is 11.5 Å². The van der Waals surface area contributed by atoms with Gasteiger partial charge < -0.3 is 10.8 Å². The van der Waals surface area contributed by atoms with Crippen molar-refractivity contribution in [2.24, 2.45) is 0 Å². The summed E-state index contributed by atoms with van der Waals surface area (Å²) < 4.78 is 2.11. The molecule has 0 aliphatic rings. The van der Waals surface area contributed by atoms with E-state index >= 15 is 0 Å². The first kappa shape index (κ1) is 13.5. The number of carboxylic acid groups (broad SMARTS) is 1. The van der Waals surface area contributed by atoms with Gasteiger partial charge in [-0.1, -0.05) is 22.0 Å². The van der Waals surface area contributed by atoms with Gasteiger partial charge in [-0.05, 0) is 30.0 Å². The van der Waals surface area contributed by atoms with Crippen molar-refractivity contribution in [3.63, 3.8) is 0 Å². The smallest absolute Gasteiger partial charge is 0.357 e. The highest BCUT2D eigenvalue weighted by Gasteiger charge is 2.22. The molecule has 8 heteroatoms. The molecular weight excluding hydrogens is 332 g/mol. The number of hydrogen-bond donors (Lipinski definition) is 2. The maximum absolute atomic E-state index is 11.1. The van der Waals surface area contributed by atoms with E-state index in [9.17, 15) is 4.79 Å². The number of carboxylic acids is 1. The summed E-state index contributed by atoms with van der Waals surface area (Å²) in [6.07, 6.45) is 0. The molecule has 0 amide bonds. The Kier molecular flexibility index (Phi) is 3.78. The topological polar surface area (TPSA) is 105 Å². The van der Waals surface area contributed by atoms with Crippen LogP contribution in [0.25, 0.3) is 5.69 Å². The summed E-state index contributed by atoms with van der Waals surface area (Å²) in [6.45, 7) is 0. The first-order valence-corrected chi connectivity index (χ1v) is 6.59. The van der Waals surface area contributed by atoms with E-state index in [0.717, 1.165) is 4.47 Å². The fourth-order valence-electron chi connectivity index (χ4n) is 1.51. The number of hydrogen-bond acceptors (Lipinski definition) is 5. The molecule has 1 aromatic carbocycles. The zero-order valence-electron chi connectivity index (χ0n) is 9.37. The Balaban J connectivity index is 2.63. The molecule has 3 N–H and O–H groups in total. The highest BCUT2D eigenvalue weighted by atomic mass is 79.9. The Morgan fingerprint density at radius 3 is 2.89 bits per heavy atom. The Bertz CT molecular complexity index is 692. The van der Waals surface area contributed by atoms with Crippen LogP contribution >= 0.6 is 27.7 Å². The molecule has 0 radical (unpaired) electrons. The van der Waals surface area contributed by atoms with Gasteiger partial charge in [0.1, 0.15) is 11.2 Å². The number of thioether (sulfide) groups is 1. The number of aromatic nitrogens is 2. The SMILES string of the molecule is N#CSc1c(C(=O)O)nn(-c2cccc(Br)c2)c1N. The van der Waals surface area contributed by atoms with Gasteiger partial charge in [-0.25, -0.2) is 9.48 Å². The van der Waals surface area contributed by atoms with Gasteiger partial charge >= 0.3 is 5.97 Å². The summed E-state index contributed by atoms with van der Waals surface area (Å²) in [5.74, 6) is -1.10. The third kappa shape index (κ3) is 2.57. The number of nitrogen functional groups attached to an aromatic ring is 1. The molecule has 0 atom stereocenters. The molecule has 6 nitrogen and oxygen atoms in total. The third-order valence-corrected chi connectivity index (χ3v) is 3.47. The van der Waals surface area contributed by atoms with Crippen molar-refractivity contribution in [3.8, 4) is 11.1 Å². The summed E-state index contributed by atoms with van der Waals surface area (Å²) in [5.41, 5.74) is 6.24. The number of carbonyl (C=O) groups is 1. The molecule has 96 valence electrons. The second kappa shape index (κ2) is 5.34. The zero-order chi connectivity index (χ0) is 14.0. The second-order valence-corrected chi connectivity index (χ2v) is 5.16. The number of nitrogens with two attached hydrogens (primary N) is 1. The summed E-state index contributed by atoms with van der Waals surface area (Å²) in [7, 11) is 0. The number of thiocyanates is 1. The van der Waals surface area contributed by atoms with Gasteiger partial charge in [-0.2, -0.15) is 10.4 Å². The molecule has 0 unspecified atom stereocenters. The van der Waals surface area contributed by atoms with E-state index < -0.39 is 5.97 Å². The lowest BCUT2D eigenvalue weighted by molar-refractivity contribution is 0.0686. The molecule has 19 heavy (non-hydrogen) atoms. The van der Waals surface area contributed by atoms with Crippen LogP contribution in [0, 0.1) is 10.7 Å². The van der Waals surface area contributed by atoms with Gasteiger partial charge in [0.2, 0.25) is 0 Å². The van der Waals surface area contributed by atoms with Gasteiger partial charge in [-0.15, -0.1) is 0 Å². The zero-order valence-corrected chi connectivity index (χ0v) is 11.8. The van der Waals surface area contributed by atoms with Crippen LogP contribution in [0.3, 0.4) is 0 Å².